The first-order chi connectivity index (χ1) is 26.0. The molecule has 3 aliphatic rings. The highest BCUT2D eigenvalue weighted by Crippen LogP contribution is 2.34. The molecule has 0 bridgehead atoms. The summed E-state index contributed by atoms with van der Waals surface area (Å²) in [6, 6.07) is -2.01. The molecule has 0 radical (unpaired) electrons. The zero-order valence-corrected chi connectivity index (χ0v) is 31.0. The molecule has 15 atom stereocenters. The maximum absolute atomic E-state index is 13.1. The Bertz CT molecular complexity index is 1540. The van der Waals surface area contributed by atoms with Gasteiger partial charge in [-0.1, -0.05) is 45.6 Å². The maximum Gasteiger partial charge on any atom is 0.330 e. The van der Waals surface area contributed by atoms with Gasteiger partial charge in [-0.3, -0.25) is 23.9 Å². The monoisotopic (exact) mass is 788 g/mol. The van der Waals surface area contributed by atoms with Crippen LogP contribution >= 0.6 is 0 Å². The lowest BCUT2D eigenvalue weighted by Gasteiger charge is -2.47. The SMILES string of the molecule is CC(=O)N[C@H]1[C@@H](O[C@@H]2O[C@H](C[C@H](O)[C@H]3O[C@@H](n4ccc(=O)[nH]c4=O)[C@H](O)[C@@H]3O)[C@H](O)[C@H](O)[C@H]2NC(=O)/C=C/CCCCCCC(C)C)O[C@H](CO)[C@@H](O)[C@@H]1O. The molecular weight excluding hydrogens is 732 g/mol. The first-order valence-corrected chi connectivity index (χ1v) is 18.6. The number of aliphatic hydroxyl groups excluding tert-OH is 8. The van der Waals surface area contributed by atoms with Crippen LogP contribution in [0.3, 0.4) is 0 Å². The van der Waals surface area contributed by atoms with E-state index in [-0.39, 0.29) is 0 Å². The Morgan fingerprint density at radius 2 is 1.49 bits per heavy atom. The number of carbonyl (C=O) groups is 2. The van der Waals surface area contributed by atoms with E-state index in [9.17, 15) is 60.0 Å². The van der Waals surface area contributed by atoms with Gasteiger partial charge in [0.2, 0.25) is 11.8 Å². The van der Waals surface area contributed by atoms with Gasteiger partial charge in [0.15, 0.2) is 18.8 Å². The number of aromatic amines is 1. The lowest BCUT2D eigenvalue weighted by atomic mass is 9.91. The topological polar surface area (TPSA) is 312 Å². The van der Waals surface area contributed by atoms with E-state index in [0.717, 1.165) is 55.9 Å². The zero-order chi connectivity index (χ0) is 40.6. The number of amides is 2. The molecule has 0 saturated carbocycles. The van der Waals surface area contributed by atoms with E-state index < -0.39 is 128 Å². The number of aromatic nitrogens is 2. The number of rotatable bonds is 17. The predicted octanol–water partition coefficient (Wildman–Crippen LogP) is -3.65. The van der Waals surface area contributed by atoms with Crippen molar-refractivity contribution in [2.45, 2.75) is 158 Å². The van der Waals surface area contributed by atoms with Crippen molar-refractivity contribution in [1.82, 2.24) is 20.2 Å². The summed E-state index contributed by atoms with van der Waals surface area (Å²) in [7, 11) is 0. The molecule has 55 heavy (non-hydrogen) atoms. The quantitative estimate of drug-likeness (QED) is 0.0536. The van der Waals surface area contributed by atoms with Crippen molar-refractivity contribution in [1.29, 1.82) is 0 Å². The number of H-pyrrole nitrogens is 1. The van der Waals surface area contributed by atoms with Crippen LogP contribution in [0.15, 0.2) is 34.0 Å². The zero-order valence-electron chi connectivity index (χ0n) is 31.0. The second-order valence-electron chi connectivity index (χ2n) is 14.7. The predicted molar refractivity (Wildman–Crippen MR) is 189 cm³/mol. The van der Waals surface area contributed by atoms with Gasteiger partial charge in [-0.05, 0) is 24.8 Å². The van der Waals surface area contributed by atoms with Gasteiger partial charge in [0.05, 0.1) is 18.8 Å². The van der Waals surface area contributed by atoms with Gasteiger partial charge < -0.3 is 70.4 Å². The fraction of sp³-hybridized carbons (Fsp3) is 0.771. The number of hydrogen-bond donors (Lipinski definition) is 11. The molecule has 312 valence electrons. The van der Waals surface area contributed by atoms with Crippen molar-refractivity contribution in [3.63, 3.8) is 0 Å². The van der Waals surface area contributed by atoms with Crippen molar-refractivity contribution in [3.8, 4) is 0 Å². The number of nitrogens with zero attached hydrogens (tertiary/aromatic N) is 1. The van der Waals surface area contributed by atoms with Gasteiger partial charge in [0, 0.05) is 25.6 Å². The molecule has 0 spiro atoms. The summed E-state index contributed by atoms with van der Waals surface area (Å²) >= 11 is 0. The highest BCUT2D eigenvalue weighted by molar-refractivity contribution is 5.87. The lowest BCUT2D eigenvalue weighted by Crippen LogP contribution is -2.68. The Morgan fingerprint density at radius 1 is 0.873 bits per heavy atom. The van der Waals surface area contributed by atoms with E-state index in [0.29, 0.717) is 12.3 Å². The van der Waals surface area contributed by atoms with Gasteiger partial charge in [-0.2, -0.15) is 0 Å². The first kappa shape index (κ1) is 44.6. The normalized spacial score (nSPS) is 35.9. The summed E-state index contributed by atoms with van der Waals surface area (Å²) < 4.78 is 24.0. The van der Waals surface area contributed by atoms with E-state index in [4.69, 9.17) is 18.9 Å². The Morgan fingerprint density at radius 3 is 2.11 bits per heavy atom. The van der Waals surface area contributed by atoms with Crippen molar-refractivity contribution in [3.05, 3.63) is 45.3 Å². The number of unbranched alkanes of at least 4 members (excludes halogenated alkanes) is 4. The number of aliphatic hydroxyl groups is 8. The van der Waals surface area contributed by atoms with Gasteiger partial charge in [0.25, 0.3) is 5.56 Å². The molecule has 0 unspecified atom stereocenters. The molecule has 1 aromatic heterocycles. The fourth-order valence-corrected chi connectivity index (χ4v) is 6.92. The van der Waals surface area contributed by atoms with Gasteiger partial charge in [-0.25, -0.2) is 4.79 Å². The molecule has 3 aliphatic heterocycles. The van der Waals surface area contributed by atoms with E-state index >= 15 is 0 Å². The van der Waals surface area contributed by atoms with Crippen molar-refractivity contribution >= 4 is 11.8 Å². The number of hydrogen-bond acceptors (Lipinski definition) is 16. The molecule has 0 aliphatic carbocycles. The highest BCUT2D eigenvalue weighted by Gasteiger charge is 2.53. The van der Waals surface area contributed by atoms with Crippen LogP contribution in [0, 0.1) is 5.92 Å². The highest BCUT2D eigenvalue weighted by atomic mass is 16.8. The summed E-state index contributed by atoms with van der Waals surface area (Å²) in [5, 5.41) is 91.1. The average molecular weight is 789 g/mol. The van der Waals surface area contributed by atoms with E-state index in [1.807, 2.05) is 4.98 Å². The molecule has 1 aromatic rings. The summed E-state index contributed by atoms with van der Waals surface area (Å²) in [4.78, 5) is 50.9. The molecule has 20 heteroatoms. The average Bonchev–Trinajstić information content (AvgIpc) is 3.42. The van der Waals surface area contributed by atoms with Crippen molar-refractivity contribution in [2.75, 3.05) is 6.61 Å². The van der Waals surface area contributed by atoms with Crippen molar-refractivity contribution in [2.24, 2.45) is 5.92 Å². The third-order valence-electron chi connectivity index (χ3n) is 9.95. The molecule has 20 nitrogen and oxygen atoms in total. The Labute approximate surface area is 316 Å². The van der Waals surface area contributed by atoms with Crippen LogP contribution in [-0.4, -0.2) is 155 Å². The lowest BCUT2D eigenvalue weighted by molar-refractivity contribution is -0.346. The molecule has 4 heterocycles. The molecular formula is C35H56N4O16. The number of nitrogens with one attached hydrogen (secondary N) is 3. The molecule has 11 N–H and O–H groups in total. The Hall–Kier alpha value is -3.12. The van der Waals surface area contributed by atoms with Crippen LogP contribution in [0.1, 0.15) is 71.9 Å². The molecule has 2 amide bonds. The minimum Gasteiger partial charge on any atom is -0.394 e. The van der Waals surface area contributed by atoms with Gasteiger partial charge in [-0.15, -0.1) is 0 Å². The Balaban J connectivity index is 1.52. The summed E-state index contributed by atoms with van der Waals surface area (Å²) in [5.74, 6) is -0.729. The van der Waals surface area contributed by atoms with Crippen LogP contribution in [0.2, 0.25) is 0 Å². The largest absolute Gasteiger partial charge is 0.394 e. The molecule has 0 aromatic carbocycles. The van der Waals surface area contributed by atoms with Crippen LogP contribution in [0.25, 0.3) is 0 Å². The third kappa shape index (κ3) is 11.5. The van der Waals surface area contributed by atoms with Gasteiger partial charge in [0.1, 0.15) is 60.9 Å². The third-order valence-corrected chi connectivity index (χ3v) is 9.95. The summed E-state index contributed by atoms with van der Waals surface area (Å²) in [6.07, 6.45) is -12.8. The minimum atomic E-state index is -1.85. The Kier molecular flexibility index (Phi) is 16.5. The number of ether oxygens (including phenoxy) is 4. The van der Waals surface area contributed by atoms with Crippen LogP contribution < -0.4 is 21.9 Å². The second kappa shape index (κ2) is 20.3. The summed E-state index contributed by atoms with van der Waals surface area (Å²) in [6.45, 7) is 4.67. The number of carbonyl (C=O) groups excluding carboxylic acids is 2. The van der Waals surface area contributed by atoms with Crippen LogP contribution in [0.4, 0.5) is 0 Å². The first-order valence-electron chi connectivity index (χ1n) is 18.6. The van der Waals surface area contributed by atoms with E-state index in [1.165, 1.54) is 6.08 Å². The smallest absolute Gasteiger partial charge is 0.330 e. The number of allylic oxidation sites excluding steroid dienone is 1. The second-order valence-corrected chi connectivity index (χ2v) is 14.7. The van der Waals surface area contributed by atoms with Crippen LogP contribution in [-0.2, 0) is 28.5 Å². The van der Waals surface area contributed by atoms with E-state index in [2.05, 4.69) is 24.5 Å². The minimum absolute atomic E-state index is 0.597. The maximum atomic E-state index is 13.1. The molecule has 3 fully saturated rings. The standard InChI is InChI=1S/C35H56N4O16/c1-16(2)10-8-6-4-5-7-9-11-21(43)37-24-28(48)25(45)19(52-34(24)55-33-23(36-17(3)41)27(47)26(46)20(15-40)53-33)14-18(42)31-29(49)30(50)32(54-31)39-13-12-22(44)38-35(39)51/h9,11-13,16,18-20,23-34,40,42,45-50H,4-8,10,14-15H2,1-3H3,(H,36,41)(H,37,43)(H,38,44,51)/b11-9+/t18-,19+,20+,23+,24+,25-,26+,27+,28+,29-,30+,31+,32+,33+,34-/m0/s1. The molecule has 3 saturated heterocycles. The van der Waals surface area contributed by atoms with E-state index in [1.54, 1.807) is 6.08 Å². The van der Waals surface area contributed by atoms with Crippen molar-refractivity contribution < 1.29 is 69.4 Å². The summed E-state index contributed by atoms with van der Waals surface area (Å²) in [5.41, 5.74) is -1.69. The van der Waals surface area contributed by atoms with Gasteiger partial charge >= 0.3 is 5.69 Å². The van der Waals surface area contributed by atoms with Crippen LogP contribution in [0.5, 0.6) is 0 Å². The fourth-order valence-electron chi connectivity index (χ4n) is 6.92. The molecule has 4 rings (SSSR count).